The molecule has 0 spiro atoms. The van der Waals surface area contributed by atoms with Crippen LogP contribution in [0.2, 0.25) is 0 Å². The van der Waals surface area contributed by atoms with Crippen molar-refractivity contribution in [3.63, 3.8) is 0 Å². The fourth-order valence-corrected chi connectivity index (χ4v) is 7.25. The molecule has 12 heteroatoms. The number of anilines is 1. The van der Waals surface area contributed by atoms with Crippen LogP contribution in [0.4, 0.5) is 5.69 Å². The average molecular weight is 580 g/mol. The van der Waals surface area contributed by atoms with Gasteiger partial charge in [-0.2, -0.15) is 0 Å². The zero-order valence-corrected chi connectivity index (χ0v) is 24.4. The van der Waals surface area contributed by atoms with E-state index in [2.05, 4.69) is 5.32 Å². The van der Waals surface area contributed by atoms with Gasteiger partial charge in [-0.3, -0.25) is 28.9 Å². The van der Waals surface area contributed by atoms with Crippen LogP contribution in [0.5, 0.6) is 5.75 Å². The molecule has 1 aromatic carbocycles. The number of aromatic nitrogens is 1. The summed E-state index contributed by atoms with van der Waals surface area (Å²) >= 11 is 0. The zero-order valence-electron chi connectivity index (χ0n) is 24.4. The number of primary amides is 1. The van der Waals surface area contributed by atoms with Gasteiger partial charge in [0.25, 0.3) is 0 Å². The van der Waals surface area contributed by atoms with Crippen molar-refractivity contribution >= 4 is 34.7 Å². The monoisotopic (exact) mass is 579 g/mol. The Morgan fingerprint density at radius 1 is 1.14 bits per heavy atom. The lowest BCUT2D eigenvalue weighted by atomic mass is 9.52. The molecule has 42 heavy (non-hydrogen) atoms. The number of nitrogens with zero attached hydrogens (tertiary/aromatic N) is 3. The number of fused-ring (bicyclic) bond motifs is 3. The van der Waals surface area contributed by atoms with E-state index < -0.39 is 64.4 Å². The van der Waals surface area contributed by atoms with Crippen LogP contribution in [-0.4, -0.2) is 88.6 Å². The number of hydrogen-bond acceptors (Lipinski definition) is 10. The van der Waals surface area contributed by atoms with Gasteiger partial charge in [0.05, 0.1) is 17.5 Å². The average Bonchev–Trinajstić information content (AvgIpc) is 3.31. The van der Waals surface area contributed by atoms with Gasteiger partial charge in [0.2, 0.25) is 5.91 Å². The number of nitrogens with one attached hydrogen (secondary N) is 1. The van der Waals surface area contributed by atoms with E-state index in [-0.39, 0.29) is 30.7 Å². The first-order chi connectivity index (χ1) is 19.7. The van der Waals surface area contributed by atoms with E-state index in [4.69, 9.17) is 5.73 Å². The van der Waals surface area contributed by atoms with Crippen molar-refractivity contribution in [3.05, 3.63) is 46.8 Å². The molecule has 6 atom stereocenters. The number of rotatable bonds is 7. The van der Waals surface area contributed by atoms with Crippen LogP contribution >= 0.6 is 0 Å². The summed E-state index contributed by atoms with van der Waals surface area (Å²) in [5.74, 6) is -10.5. The summed E-state index contributed by atoms with van der Waals surface area (Å²) in [6.07, 6.45) is 2.15. The smallest absolute Gasteiger partial charge is 0.235 e. The number of benzene rings is 1. The second kappa shape index (κ2) is 10.4. The number of phenolic OH excluding ortho intramolecular Hbond substituents is 1. The SMILES string of the molecule is CN(C)c1cc(CNCc2cccn2C)c(O)c2c1CC1CC3[C@H](N(C)C)C(=O)C(C(N)=O)C(=O)[C@@]3(O)C(=O)C1C2=O. The van der Waals surface area contributed by atoms with Crippen LogP contribution in [-0.2, 0) is 45.7 Å². The summed E-state index contributed by atoms with van der Waals surface area (Å²) in [6.45, 7) is 0.746. The molecule has 224 valence electrons. The summed E-state index contributed by atoms with van der Waals surface area (Å²) in [6, 6.07) is 4.57. The molecule has 0 radical (unpaired) electrons. The van der Waals surface area contributed by atoms with E-state index in [9.17, 15) is 34.2 Å². The number of Topliss-reactive ketones (excluding diaryl/α,β-unsaturated/α-hetero) is 4. The van der Waals surface area contributed by atoms with Crippen LogP contribution in [0.25, 0.3) is 0 Å². The van der Waals surface area contributed by atoms with Gasteiger partial charge < -0.3 is 30.7 Å². The van der Waals surface area contributed by atoms with Crippen LogP contribution in [0.1, 0.15) is 33.6 Å². The molecule has 2 fully saturated rings. The fraction of sp³-hybridized carbons (Fsp3) is 0.500. The van der Waals surface area contributed by atoms with Gasteiger partial charge in [0.1, 0.15) is 5.75 Å². The molecule has 4 unspecified atom stereocenters. The third-order valence-corrected chi connectivity index (χ3v) is 9.27. The van der Waals surface area contributed by atoms with Crippen molar-refractivity contribution in [1.29, 1.82) is 0 Å². The van der Waals surface area contributed by atoms with Crippen molar-refractivity contribution in [2.45, 2.75) is 37.6 Å². The highest BCUT2D eigenvalue weighted by Crippen LogP contribution is 2.52. The number of aromatic hydroxyl groups is 1. The minimum absolute atomic E-state index is 0.0107. The molecule has 0 saturated heterocycles. The van der Waals surface area contributed by atoms with E-state index in [0.717, 1.165) is 5.69 Å². The Labute approximate surface area is 243 Å². The van der Waals surface area contributed by atoms with Crippen LogP contribution in [0.3, 0.4) is 0 Å². The molecule has 2 aromatic rings. The maximum atomic E-state index is 14.1. The first kappa shape index (κ1) is 29.6. The Hall–Kier alpha value is -3.87. The number of aliphatic hydroxyl groups is 1. The minimum atomic E-state index is -2.74. The summed E-state index contributed by atoms with van der Waals surface area (Å²) in [5.41, 5.74) is 5.38. The van der Waals surface area contributed by atoms with E-state index in [0.29, 0.717) is 23.4 Å². The highest BCUT2D eigenvalue weighted by molar-refractivity contribution is 6.32. The van der Waals surface area contributed by atoms with Crippen molar-refractivity contribution in [1.82, 2.24) is 14.8 Å². The summed E-state index contributed by atoms with van der Waals surface area (Å²) in [5, 5.41) is 26.4. The van der Waals surface area contributed by atoms with Crippen LogP contribution in [0, 0.1) is 23.7 Å². The lowest BCUT2D eigenvalue weighted by molar-refractivity contribution is -0.181. The number of carbonyl (C=O) groups excluding carboxylic acids is 5. The minimum Gasteiger partial charge on any atom is -0.507 e. The van der Waals surface area contributed by atoms with Crippen molar-refractivity contribution in [3.8, 4) is 5.75 Å². The Morgan fingerprint density at radius 2 is 1.83 bits per heavy atom. The lowest BCUT2D eigenvalue weighted by Crippen LogP contribution is -2.74. The Bertz CT molecular complexity index is 1510. The standard InChI is InChI=1S/C30H37N5O7/c1-33(2)19-11-15(12-32-13-16-7-6-8-35(16)5)24(36)21-17(19)9-14-10-18-23(34(3)4)26(38)22(29(31)41)28(40)30(18,42)27(39)20(14)25(21)37/h6-8,11,14,18,20,22-23,32,36,42H,9-10,12-13H2,1-5H3,(H2,31,41)/t14?,18?,20?,22?,23-,30-/m0/s1. The number of likely N-dealkylation sites (N-methyl/N-ethyl adjacent to an activating group) is 1. The number of carbonyl (C=O) groups is 5. The largest absolute Gasteiger partial charge is 0.507 e. The van der Waals surface area contributed by atoms with Gasteiger partial charge >= 0.3 is 0 Å². The summed E-state index contributed by atoms with van der Waals surface area (Å²) in [7, 11) is 8.68. The van der Waals surface area contributed by atoms with Gasteiger partial charge in [0.15, 0.2) is 34.7 Å². The number of amides is 1. The maximum Gasteiger partial charge on any atom is 0.235 e. The van der Waals surface area contributed by atoms with E-state index in [1.165, 1.54) is 4.90 Å². The number of phenols is 1. The predicted molar refractivity (Wildman–Crippen MR) is 152 cm³/mol. The fourth-order valence-electron chi connectivity index (χ4n) is 7.25. The molecule has 1 aromatic heterocycles. The molecule has 1 amide bonds. The van der Waals surface area contributed by atoms with Crippen molar-refractivity contribution in [2.75, 3.05) is 33.1 Å². The molecule has 1 heterocycles. The molecule has 12 nitrogen and oxygen atoms in total. The maximum absolute atomic E-state index is 14.1. The molecule has 3 aliphatic carbocycles. The zero-order chi connectivity index (χ0) is 30.8. The Kier molecular flexibility index (Phi) is 7.36. The van der Waals surface area contributed by atoms with Gasteiger partial charge in [-0.15, -0.1) is 0 Å². The van der Waals surface area contributed by atoms with Crippen LogP contribution in [0.15, 0.2) is 24.4 Å². The first-order valence-corrected chi connectivity index (χ1v) is 13.9. The predicted octanol–water partition coefficient (Wildman–Crippen LogP) is -0.439. The molecule has 5 N–H and O–H groups in total. The molecular formula is C30H37N5O7. The molecule has 2 saturated carbocycles. The van der Waals surface area contributed by atoms with E-state index in [1.54, 1.807) is 14.1 Å². The number of aryl methyl sites for hydroxylation is 1. The Balaban J connectivity index is 1.56. The highest BCUT2D eigenvalue weighted by Gasteiger charge is 2.69. The van der Waals surface area contributed by atoms with Gasteiger partial charge in [-0.05, 0) is 56.6 Å². The van der Waals surface area contributed by atoms with Crippen molar-refractivity contribution < 1.29 is 34.2 Å². The second-order valence-corrected chi connectivity index (χ2v) is 12.2. The van der Waals surface area contributed by atoms with E-state index >= 15 is 0 Å². The lowest BCUT2D eigenvalue weighted by Gasteiger charge is -2.52. The summed E-state index contributed by atoms with van der Waals surface area (Å²) < 4.78 is 1.96. The van der Waals surface area contributed by atoms with Gasteiger partial charge in [0, 0.05) is 63.3 Å². The Morgan fingerprint density at radius 3 is 2.40 bits per heavy atom. The van der Waals surface area contributed by atoms with E-state index in [1.807, 2.05) is 55.0 Å². The molecule has 3 aliphatic rings. The normalized spacial score (nSPS) is 28.9. The van der Waals surface area contributed by atoms with Gasteiger partial charge in [-0.25, -0.2) is 0 Å². The molecule has 0 bridgehead atoms. The number of nitrogens with two attached hydrogens (primary N) is 1. The molecule has 5 rings (SSSR count). The molecular weight excluding hydrogens is 542 g/mol. The summed E-state index contributed by atoms with van der Waals surface area (Å²) in [4.78, 5) is 70.4. The van der Waals surface area contributed by atoms with Crippen molar-refractivity contribution in [2.24, 2.45) is 36.5 Å². The highest BCUT2D eigenvalue weighted by atomic mass is 16.3. The number of ketones is 4. The molecule has 0 aliphatic heterocycles. The first-order valence-electron chi connectivity index (χ1n) is 13.9. The third kappa shape index (κ3) is 4.27. The van der Waals surface area contributed by atoms with Gasteiger partial charge in [-0.1, -0.05) is 0 Å². The van der Waals surface area contributed by atoms with Crippen LogP contribution < -0.4 is 16.0 Å². The second-order valence-electron chi connectivity index (χ2n) is 12.2. The quantitative estimate of drug-likeness (QED) is 0.315. The topological polar surface area (TPSA) is 175 Å². The third-order valence-electron chi connectivity index (χ3n) is 9.27. The number of hydrogen-bond donors (Lipinski definition) is 4.